The summed E-state index contributed by atoms with van der Waals surface area (Å²) in [4.78, 5) is 0. The summed E-state index contributed by atoms with van der Waals surface area (Å²) in [6, 6.07) is 11.4. The average molecular weight is 275 g/mol. The molecule has 0 saturated heterocycles. The van der Waals surface area contributed by atoms with E-state index in [0.29, 0.717) is 6.42 Å². The number of rotatable bonds is 5. The maximum absolute atomic E-state index is 13.4. The molecule has 0 aromatic heterocycles. The minimum atomic E-state index is -0.235. The molecule has 0 saturated carbocycles. The van der Waals surface area contributed by atoms with Crippen LogP contribution in [0.4, 0.5) is 8.78 Å². The Hall–Kier alpha value is -1.74. The van der Waals surface area contributed by atoms with Crippen molar-refractivity contribution in [1.29, 1.82) is 0 Å². The van der Waals surface area contributed by atoms with Crippen LogP contribution in [-0.4, -0.2) is 6.54 Å². The molecule has 20 heavy (non-hydrogen) atoms. The van der Waals surface area contributed by atoms with Crippen LogP contribution >= 0.6 is 0 Å². The van der Waals surface area contributed by atoms with Gasteiger partial charge in [0.15, 0.2) is 0 Å². The normalized spacial score (nSPS) is 12.4. The Balaban J connectivity index is 2.25. The van der Waals surface area contributed by atoms with E-state index in [0.717, 1.165) is 23.2 Å². The predicted octanol–water partition coefficient (Wildman–Crippen LogP) is 4.17. The van der Waals surface area contributed by atoms with Crippen molar-refractivity contribution in [2.24, 2.45) is 0 Å². The van der Waals surface area contributed by atoms with Crippen LogP contribution in [0.3, 0.4) is 0 Å². The van der Waals surface area contributed by atoms with Crippen molar-refractivity contribution in [2.45, 2.75) is 26.3 Å². The molecule has 2 rings (SSSR count). The lowest BCUT2D eigenvalue weighted by molar-refractivity contribution is 0.540. The molecular formula is C17H19F2N. The summed E-state index contributed by atoms with van der Waals surface area (Å²) in [5, 5.41) is 3.36. The van der Waals surface area contributed by atoms with Crippen LogP contribution in [0.15, 0.2) is 42.5 Å². The molecule has 0 spiro atoms. The molecule has 0 amide bonds. The lowest BCUT2D eigenvalue weighted by Crippen LogP contribution is -2.23. The number of likely N-dealkylation sites (N-methyl/N-ethyl adjacent to an activating group) is 1. The summed E-state index contributed by atoms with van der Waals surface area (Å²) < 4.78 is 26.5. The molecule has 0 heterocycles. The van der Waals surface area contributed by atoms with E-state index in [2.05, 4.69) is 5.32 Å². The minimum Gasteiger partial charge on any atom is -0.310 e. The molecule has 106 valence electrons. The van der Waals surface area contributed by atoms with Crippen LogP contribution < -0.4 is 5.32 Å². The molecule has 0 aliphatic heterocycles. The third-order valence-corrected chi connectivity index (χ3v) is 3.43. The van der Waals surface area contributed by atoms with Crippen molar-refractivity contribution in [3.63, 3.8) is 0 Å². The van der Waals surface area contributed by atoms with Gasteiger partial charge in [-0.2, -0.15) is 0 Å². The standard InChI is InChI=1S/C17H19F2N/c1-3-20-17(14-5-4-6-15(18)10-14)11-13-7-8-16(19)9-12(13)2/h4-10,17,20H,3,11H2,1-2H3. The van der Waals surface area contributed by atoms with E-state index >= 15 is 0 Å². The Morgan fingerprint density at radius 2 is 1.80 bits per heavy atom. The summed E-state index contributed by atoms with van der Waals surface area (Å²) in [6.07, 6.45) is 0.712. The molecule has 1 unspecified atom stereocenters. The van der Waals surface area contributed by atoms with Gasteiger partial charge in [0.1, 0.15) is 11.6 Å². The second-order valence-electron chi connectivity index (χ2n) is 4.94. The maximum atomic E-state index is 13.4. The van der Waals surface area contributed by atoms with Crippen molar-refractivity contribution in [1.82, 2.24) is 5.32 Å². The molecule has 1 nitrogen and oxygen atoms in total. The fourth-order valence-electron chi connectivity index (χ4n) is 2.39. The van der Waals surface area contributed by atoms with E-state index in [-0.39, 0.29) is 17.7 Å². The fourth-order valence-corrected chi connectivity index (χ4v) is 2.39. The minimum absolute atomic E-state index is 0.0276. The number of aryl methyl sites for hydroxylation is 1. The van der Waals surface area contributed by atoms with E-state index in [9.17, 15) is 8.78 Å². The monoisotopic (exact) mass is 275 g/mol. The molecule has 2 aromatic carbocycles. The topological polar surface area (TPSA) is 12.0 Å². The Labute approximate surface area is 118 Å². The SMILES string of the molecule is CCNC(Cc1ccc(F)cc1C)c1cccc(F)c1. The highest BCUT2D eigenvalue weighted by atomic mass is 19.1. The number of benzene rings is 2. The smallest absolute Gasteiger partial charge is 0.123 e. The van der Waals surface area contributed by atoms with Crippen LogP contribution in [-0.2, 0) is 6.42 Å². The first-order chi connectivity index (χ1) is 9.60. The van der Waals surface area contributed by atoms with Crippen molar-refractivity contribution < 1.29 is 8.78 Å². The molecule has 0 radical (unpaired) electrons. The van der Waals surface area contributed by atoms with E-state index in [1.165, 1.54) is 18.2 Å². The Morgan fingerprint density at radius 1 is 1.05 bits per heavy atom. The summed E-state index contributed by atoms with van der Waals surface area (Å²) in [5.41, 5.74) is 2.90. The zero-order valence-corrected chi connectivity index (χ0v) is 11.8. The highest BCUT2D eigenvalue weighted by Gasteiger charge is 2.13. The van der Waals surface area contributed by atoms with Gasteiger partial charge in [0.25, 0.3) is 0 Å². The zero-order chi connectivity index (χ0) is 14.5. The molecule has 0 bridgehead atoms. The van der Waals surface area contributed by atoms with Crippen LogP contribution in [0.25, 0.3) is 0 Å². The summed E-state index contributed by atoms with van der Waals surface area (Å²) in [6.45, 7) is 4.71. The van der Waals surface area contributed by atoms with Crippen molar-refractivity contribution >= 4 is 0 Å². The fraction of sp³-hybridized carbons (Fsp3) is 0.294. The third kappa shape index (κ3) is 3.64. The lowest BCUT2D eigenvalue weighted by Gasteiger charge is -2.19. The first-order valence-electron chi connectivity index (χ1n) is 6.84. The molecule has 1 atom stereocenters. The maximum Gasteiger partial charge on any atom is 0.123 e. The van der Waals surface area contributed by atoms with Gasteiger partial charge in [0, 0.05) is 6.04 Å². The van der Waals surface area contributed by atoms with E-state index in [4.69, 9.17) is 0 Å². The van der Waals surface area contributed by atoms with Gasteiger partial charge in [-0.3, -0.25) is 0 Å². The first kappa shape index (κ1) is 14.7. The summed E-state index contributed by atoms with van der Waals surface area (Å²) in [7, 11) is 0. The van der Waals surface area contributed by atoms with Gasteiger partial charge in [0.05, 0.1) is 0 Å². The van der Waals surface area contributed by atoms with Crippen LogP contribution in [0.1, 0.15) is 29.7 Å². The van der Waals surface area contributed by atoms with Gasteiger partial charge < -0.3 is 5.32 Å². The van der Waals surface area contributed by atoms with Gasteiger partial charge in [-0.1, -0.05) is 25.1 Å². The van der Waals surface area contributed by atoms with Gasteiger partial charge in [-0.05, 0) is 60.8 Å². The highest BCUT2D eigenvalue weighted by Crippen LogP contribution is 2.21. The van der Waals surface area contributed by atoms with Gasteiger partial charge in [-0.25, -0.2) is 8.78 Å². The Morgan fingerprint density at radius 3 is 2.45 bits per heavy atom. The second kappa shape index (κ2) is 6.62. The number of nitrogens with one attached hydrogen (secondary N) is 1. The molecule has 2 aromatic rings. The molecule has 0 aliphatic carbocycles. The van der Waals surface area contributed by atoms with Crippen LogP contribution in [0.5, 0.6) is 0 Å². The highest BCUT2D eigenvalue weighted by molar-refractivity contribution is 5.30. The van der Waals surface area contributed by atoms with Crippen molar-refractivity contribution in [3.8, 4) is 0 Å². The Kier molecular flexibility index (Phi) is 4.85. The van der Waals surface area contributed by atoms with Crippen LogP contribution in [0, 0.1) is 18.6 Å². The van der Waals surface area contributed by atoms with Crippen molar-refractivity contribution in [2.75, 3.05) is 6.54 Å². The van der Waals surface area contributed by atoms with E-state index < -0.39 is 0 Å². The lowest BCUT2D eigenvalue weighted by atomic mass is 9.96. The van der Waals surface area contributed by atoms with Crippen molar-refractivity contribution in [3.05, 3.63) is 70.8 Å². The van der Waals surface area contributed by atoms with Gasteiger partial charge in [0.2, 0.25) is 0 Å². The quantitative estimate of drug-likeness (QED) is 0.863. The largest absolute Gasteiger partial charge is 0.310 e. The predicted molar refractivity (Wildman–Crippen MR) is 77.7 cm³/mol. The first-order valence-corrected chi connectivity index (χ1v) is 6.84. The molecule has 0 aliphatic rings. The molecule has 3 heteroatoms. The van der Waals surface area contributed by atoms with E-state index in [1.807, 2.05) is 19.9 Å². The summed E-state index contributed by atoms with van der Waals surface area (Å²) >= 11 is 0. The van der Waals surface area contributed by atoms with E-state index in [1.54, 1.807) is 18.2 Å². The molecule has 1 N–H and O–H groups in total. The van der Waals surface area contributed by atoms with Gasteiger partial charge >= 0.3 is 0 Å². The Bertz CT molecular complexity index is 581. The van der Waals surface area contributed by atoms with Gasteiger partial charge in [-0.15, -0.1) is 0 Å². The number of hydrogen-bond acceptors (Lipinski definition) is 1. The molecule has 0 fully saturated rings. The zero-order valence-electron chi connectivity index (χ0n) is 11.8. The number of hydrogen-bond donors (Lipinski definition) is 1. The third-order valence-electron chi connectivity index (χ3n) is 3.43. The van der Waals surface area contributed by atoms with Crippen LogP contribution in [0.2, 0.25) is 0 Å². The average Bonchev–Trinajstić information content (AvgIpc) is 2.41. The molecular weight excluding hydrogens is 256 g/mol. The summed E-state index contributed by atoms with van der Waals surface area (Å²) in [5.74, 6) is -0.460. The second-order valence-corrected chi connectivity index (χ2v) is 4.94. The number of halogens is 2.